The van der Waals surface area contributed by atoms with Crippen molar-refractivity contribution in [1.82, 2.24) is 4.90 Å². The normalized spacial score (nSPS) is 17.1. The van der Waals surface area contributed by atoms with Gasteiger partial charge in [0.05, 0.1) is 37.6 Å². The van der Waals surface area contributed by atoms with Gasteiger partial charge in [-0.25, -0.2) is 4.39 Å². The van der Waals surface area contributed by atoms with Crippen LogP contribution < -0.4 is 9.47 Å². The highest BCUT2D eigenvalue weighted by atomic mass is 32.2. The lowest BCUT2D eigenvalue weighted by atomic mass is 10.0. The molecule has 1 unspecified atom stereocenters. The van der Waals surface area contributed by atoms with Gasteiger partial charge in [-0.3, -0.25) is 4.79 Å². The van der Waals surface area contributed by atoms with E-state index in [0.717, 1.165) is 23.9 Å². The number of rotatable bonds is 5. The minimum absolute atomic E-state index is 0.00403. The molecule has 28 heavy (non-hydrogen) atoms. The Kier molecular flexibility index (Phi) is 5.74. The van der Waals surface area contributed by atoms with E-state index in [1.54, 1.807) is 18.2 Å². The van der Waals surface area contributed by atoms with Gasteiger partial charge in [0.2, 0.25) is 5.91 Å². The molecule has 0 aliphatic carbocycles. The minimum Gasteiger partial charge on any atom is -0.496 e. The molecule has 1 aliphatic heterocycles. The quantitative estimate of drug-likeness (QED) is 0.668. The fourth-order valence-electron chi connectivity index (χ4n) is 3.13. The first kappa shape index (κ1) is 20.3. The van der Waals surface area contributed by atoms with Crippen LogP contribution in [-0.2, 0) is 17.5 Å². The Morgan fingerprint density at radius 1 is 1.14 bits per heavy atom. The molecule has 0 saturated carbocycles. The summed E-state index contributed by atoms with van der Waals surface area (Å²) in [5.41, 5.74) is -0.714. The zero-order valence-corrected chi connectivity index (χ0v) is 15.9. The molecule has 4 nitrogen and oxygen atoms in total. The van der Waals surface area contributed by atoms with Crippen LogP contribution in [0.25, 0.3) is 0 Å². The van der Waals surface area contributed by atoms with Crippen molar-refractivity contribution >= 4 is 17.7 Å². The highest BCUT2D eigenvalue weighted by molar-refractivity contribution is 8.00. The lowest BCUT2D eigenvalue weighted by Gasteiger charge is -2.27. The van der Waals surface area contributed by atoms with Crippen molar-refractivity contribution in [2.75, 3.05) is 20.0 Å². The summed E-state index contributed by atoms with van der Waals surface area (Å²) in [5, 5.41) is -0.977. The third-order valence-corrected chi connectivity index (χ3v) is 5.65. The Labute approximate surface area is 163 Å². The van der Waals surface area contributed by atoms with E-state index >= 15 is 0 Å². The Hall–Kier alpha value is -2.42. The summed E-state index contributed by atoms with van der Waals surface area (Å²) in [7, 11) is 2.90. The van der Waals surface area contributed by atoms with E-state index in [4.69, 9.17) is 9.47 Å². The summed E-state index contributed by atoms with van der Waals surface area (Å²) in [5.74, 6) is -0.259. The van der Waals surface area contributed by atoms with Gasteiger partial charge in [0.1, 0.15) is 22.7 Å². The van der Waals surface area contributed by atoms with Crippen LogP contribution in [0.3, 0.4) is 0 Å². The second kappa shape index (κ2) is 7.90. The maximum atomic E-state index is 13.8. The fourth-order valence-corrected chi connectivity index (χ4v) is 4.35. The van der Waals surface area contributed by atoms with Crippen LogP contribution in [0, 0.1) is 5.82 Å². The van der Waals surface area contributed by atoms with Crippen LogP contribution in [0.5, 0.6) is 11.5 Å². The number of halogens is 4. The van der Waals surface area contributed by atoms with E-state index in [9.17, 15) is 22.4 Å². The summed E-state index contributed by atoms with van der Waals surface area (Å²) in [6.45, 7) is -0.0303. The van der Waals surface area contributed by atoms with Crippen molar-refractivity contribution in [3.63, 3.8) is 0 Å². The van der Waals surface area contributed by atoms with Crippen molar-refractivity contribution in [3.05, 3.63) is 58.9 Å². The predicted molar refractivity (Wildman–Crippen MR) is 96.7 cm³/mol. The number of nitrogens with zero attached hydrogens (tertiary/aromatic N) is 1. The van der Waals surface area contributed by atoms with Crippen LogP contribution in [0.4, 0.5) is 17.6 Å². The van der Waals surface area contributed by atoms with E-state index in [1.165, 1.54) is 19.1 Å². The van der Waals surface area contributed by atoms with Crippen molar-refractivity contribution in [1.29, 1.82) is 0 Å². The molecule has 0 radical (unpaired) electrons. The molecule has 1 amide bonds. The van der Waals surface area contributed by atoms with E-state index in [-0.39, 0.29) is 23.8 Å². The number of alkyl halides is 3. The number of carbonyl (C=O) groups is 1. The van der Waals surface area contributed by atoms with Gasteiger partial charge in [-0.15, -0.1) is 11.8 Å². The molecule has 0 bridgehead atoms. The van der Waals surface area contributed by atoms with Gasteiger partial charge in [0.15, 0.2) is 0 Å². The maximum absolute atomic E-state index is 13.8. The third-order valence-electron chi connectivity index (χ3n) is 4.41. The SMILES string of the molecule is COc1cccc(OC)c1CN1C(=O)CSC1c1cc(F)ccc1C(F)(F)F. The molecule has 1 aliphatic rings. The molecule has 1 saturated heterocycles. The molecule has 0 N–H and O–H groups in total. The predicted octanol–water partition coefficient (Wildman–Crippen LogP) is 4.64. The Bertz CT molecular complexity index is 866. The molecule has 1 heterocycles. The van der Waals surface area contributed by atoms with E-state index in [0.29, 0.717) is 23.1 Å². The molecule has 2 aromatic rings. The second-order valence-electron chi connectivity index (χ2n) is 6.06. The molecule has 0 aromatic heterocycles. The number of hydrogen-bond acceptors (Lipinski definition) is 4. The molecule has 150 valence electrons. The van der Waals surface area contributed by atoms with Crippen molar-refractivity contribution in [2.45, 2.75) is 18.1 Å². The number of carbonyl (C=O) groups excluding carboxylic acids is 1. The zero-order valence-electron chi connectivity index (χ0n) is 15.0. The van der Waals surface area contributed by atoms with Crippen LogP contribution in [-0.4, -0.2) is 30.8 Å². The fraction of sp³-hybridized carbons (Fsp3) is 0.316. The number of methoxy groups -OCH3 is 2. The van der Waals surface area contributed by atoms with Crippen molar-refractivity contribution < 1.29 is 31.8 Å². The average molecular weight is 415 g/mol. The number of benzene rings is 2. The Morgan fingerprint density at radius 2 is 1.79 bits per heavy atom. The van der Waals surface area contributed by atoms with Crippen LogP contribution in [0.15, 0.2) is 36.4 Å². The lowest BCUT2D eigenvalue weighted by molar-refractivity contribution is -0.139. The van der Waals surface area contributed by atoms with Gasteiger partial charge < -0.3 is 14.4 Å². The monoisotopic (exact) mass is 415 g/mol. The van der Waals surface area contributed by atoms with Crippen LogP contribution in [0.2, 0.25) is 0 Å². The standard InChI is InChI=1S/C19H17F4NO3S/c1-26-15-4-3-5-16(27-2)13(15)9-24-17(25)10-28-18(24)12-8-11(20)6-7-14(12)19(21,22)23/h3-8,18H,9-10H2,1-2H3. The van der Waals surface area contributed by atoms with Crippen LogP contribution >= 0.6 is 11.8 Å². The van der Waals surface area contributed by atoms with Crippen molar-refractivity contribution in [3.8, 4) is 11.5 Å². The van der Waals surface area contributed by atoms with E-state index in [1.807, 2.05) is 0 Å². The largest absolute Gasteiger partial charge is 0.496 e. The summed E-state index contributed by atoms with van der Waals surface area (Å²) in [4.78, 5) is 13.7. The first-order valence-corrected chi connectivity index (χ1v) is 9.28. The highest BCUT2D eigenvalue weighted by Gasteiger charge is 2.41. The maximum Gasteiger partial charge on any atom is 0.416 e. The zero-order chi connectivity index (χ0) is 20.5. The summed E-state index contributed by atoms with van der Waals surface area (Å²) < 4.78 is 64.7. The molecule has 1 fully saturated rings. The minimum atomic E-state index is -4.66. The first-order chi connectivity index (χ1) is 13.3. The van der Waals surface area contributed by atoms with Crippen molar-refractivity contribution in [2.24, 2.45) is 0 Å². The van der Waals surface area contributed by atoms with E-state index in [2.05, 4.69) is 0 Å². The number of ether oxygens (including phenoxy) is 2. The van der Waals surface area contributed by atoms with Gasteiger partial charge in [-0.1, -0.05) is 6.07 Å². The summed E-state index contributed by atoms with van der Waals surface area (Å²) in [6, 6.07) is 7.35. The lowest BCUT2D eigenvalue weighted by Crippen LogP contribution is -2.29. The Balaban J connectivity index is 2.04. The van der Waals surface area contributed by atoms with Gasteiger partial charge in [0.25, 0.3) is 0 Å². The number of amides is 1. The Morgan fingerprint density at radius 3 is 2.36 bits per heavy atom. The third kappa shape index (κ3) is 3.89. The average Bonchev–Trinajstić information content (AvgIpc) is 3.01. The molecular weight excluding hydrogens is 398 g/mol. The van der Waals surface area contributed by atoms with Gasteiger partial charge >= 0.3 is 6.18 Å². The molecule has 0 spiro atoms. The summed E-state index contributed by atoms with van der Waals surface area (Å²) in [6.07, 6.45) is -4.66. The molecule has 3 rings (SSSR count). The van der Waals surface area contributed by atoms with Gasteiger partial charge in [-0.05, 0) is 35.9 Å². The molecular formula is C19H17F4NO3S. The topological polar surface area (TPSA) is 38.8 Å². The van der Waals surface area contributed by atoms with Gasteiger partial charge in [-0.2, -0.15) is 13.2 Å². The summed E-state index contributed by atoms with van der Waals surface area (Å²) >= 11 is 1.02. The molecule has 1 atom stereocenters. The second-order valence-corrected chi connectivity index (χ2v) is 7.12. The number of thioether (sulfide) groups is 1. The van der Waals surface area contributed by atoms with E-state index < -0.39 is 22.9 Å². The molecule has 2 aromatic carbocycles. The first-order valence-electron chi connectivity index (χ1n) is 8.24. The highest BCUT2D eigenvalue weighted by Crippen LogP contribution is 2.46. The van der Waals surface area contributed by atoms with Crippen LogP contribution in [0.1, 0.15) is 22.1 Å². The van der Waals surface area contributed by atoms with Gasteiger partial charge in [0, 0.05) is 0 Å². The molecule has 9 heteroatoms. The smallest absolute Gasteiger partial charge is 0.416 e. The number of hydrogen-bond donors (Lipinski definition) is 0.